The molecule has 34 heavy (non-hydrogen) atoms. The van der Waals surface area contributed by atoms with Gasteiger partial charge in [-0.25, -0.2) is 5.43 Å². The van der Waals surface area contributed by atoms with Crippen molar-refractivity contribution < 1.29 is 22.3 Å². The lowest BCUT2D eigenvalue weighted by Gasteiger charge is -2.07. The van der Waals surface area contributed by atoms with Crippen molar-refractivity contribution in [2.24, 2.45) is 5.10 Å². The van der Waals surface area contributed by atoms with Crippen LogP contribution in [0.3, 0.4) is 0 Å². The largest absolute Gasteiger partial charge is 0.379 e. The Morgan fingerprint density at radius 3 is 2.47 bits per heavy atom. The quantitative estimate of drug-likeness (QED) is 0.184. The zero-order chi connectivity index (χ0) is 24.1. The summed E-state index contributed by atoms with van der Waals surface area (Å²) < 4.78 is 30.1. The van der Waals surface area contributed by atoms with Crippen LogP contribution in [0.2, 0.25) is 0 Å². The molecule has 1 N–H and O–H groups in total. The number of nitro benzene ring substituents is 1. The number of rotatable bonds is 7. The van der Waals surface area contributed by atoms with Crippen LogP contribution < -0.4 is 9.61 Å². The average molecular weight is 475 g/mol. The van der Waals surface area contributed by atoms with Gasteiger partial charge in [0, 0.05) is 17.7 Å². The highest BCUT2D eigenvalue weighted by Crippen LogP contribution is 2.22. The molecule has 0 aliphatic rings. The molecule has 0 saturated carbocycles. The smallest absolute Gasteiger partial charge is 0.339 e. The first-order chi connectivity index (χ1) is 16.3. The molecule has 0 heterocycles. The van der Waals surface area contributed by atoms with Crippen molar-refractivity contribution in [2.75, 3.05) is 0 Å². The normalized spacial score (nSPS) is 11.4. The Labute approximate surface area is 194 Å². The molecule has 0 aliphatic heterocycles. The van der Waals surface area contributed by atoms with Gasteiger partial charge in [0.2, 0.25) is 0 Å². The number of carbonyl (C=O) groups is 1. The summed E-state index contributed by atoms with van der Waals surface area (Å²) in [4.78, 5) is 22.3. The number of hydrogen-bond acceptors (Lipinski definition) is 7. The van der Waals surface area contributed by atoms with Gasteiger partial charge in [-0.1, -0.05) is 48.5 Å². The van der Waals surface area contributed by atoms with E-state index in [9.17, 15) is 23.3 Å². The third-order valence-electron chi connectivity index (χ3n) is 4.77. The number of carbonyl (C=O) groups excluding carboxylic acids is 1. The van der Waals surface area contributed by atoms with Crippen molar-refractivity contribution in [1.82, 2.24) is 5.43 Å². The number of fused-ring (bicyclic) bond motifs is 1. The Morgan fingerprint density at radius 2 is 1.68 bits per heavy atom. The number of hydrazone groups is 1. The molecule has 0 aromatic heterocycles. The number of hydrogen-bond donors (Lipinski definition) is 1. The summed E-state index contributed by atoms with van der Waals surface area (Å²) in [7, 11) is -4.29. The van der Waals surface area contributed by atoms with Crippen LogP contribution in [-0.4, -0.2) is 25.5 Å². The van der Waals surface area contributed by atoms with Crippen molar-refractivity contribution in [2.45, 2.75) is 4.90 Å². The summed E-state index contributed by atoms with van der Waals surface area (Å²) in [6.45, 7) is 0. The third kappa shape index (κ3) is 5.25. The highest BCUT2D eigenvalue weighted by Gasteiger charge is 2.20. The van der Waals surface area contributed by atoms with Crippen molar-refractivity contribution in [1.29, 1.82) is 0 Å². The van der Waals surface area contributed by atoms with Crippen molar-refractivity contribution in [3.05, 3.63) is 112 Å². The fourth-order valence-electron chi connectivity index (χ4n) is 3.13. The zero-order valence-corrected chi connectivity index (χ0v) is 18.3. The molecule has 0 saturated heterocycles. The van der Waals surface area contributed by atoms with Gasteiger partial charge >= 0.3 is 10.1 Å². The summed E-state index contributed by atoms with van der Waals surface area (Å²) in [6.07, 6.45) is 1.34. The predicted molar refractivity (Wildman–Crippen MR) is 126 cm³/mol. The van der Waals surface area contributed by atoms with Crippen molar-refractivity contribution in [3.63, 3.8) is 0 Å². The van der Waals surface area contributed by atoms with E-state index in [0.717, 1.165) is 16.8 Å². The van der Waals surface area contributed by atoms with Crippen LogP contribution in [0.15, 0.2) is 101 Å². The lowest BCUT2D eigenvalue weighted by Crippen LogP contribution is -2.17. The highest BCUT2D eigenvalue weighted by molar-refractivity contribution is 7.87. The van der Waals surface area contributed by atoms with Gasteiger partial charge in [0.1, 0.15) is 10.6 Å². The van der Waals surface area contributed by atoms with Crippen LogP contribution in [0.1, 0.15) is 15.9 Å². The molecule has 0 atom stereocenters. The average Bonchev–Trinajstić information content (AvgIpc) is 2.83. The van der Waals surface area contributed by atoms with E-state index in [0.29, 0.717) is 11.1 Å². The molecule has 170 valence electrons. The molecule has 0 spiro atoms. The third-order valence-corrected chi connectivity index (χ3v) is 6.02. The van der Waals surface area contributed by atoms with Gasteiger partial charge in [-0.3, -0.25) is 14.9 Å². The molecule has 10 heteroatoms. The minimum Gasteiger partial charge on any atom is -0.379 e. The van der Waals surface area contributed by atoms with E-state index in [4.69, 9.17) is 4.18 Å². The lowest BCUT2D eigenvalue weighted by molar-refractivity contribution is -0.385. The van der Waals surface area contributed by atoms with Crippen LogP contribution >= 0.6 is 0 Å². The number of nitrogens with zero attached hydrogens (tertiary/aromatic N) is 2. The minimum atomic E-state index is -4.29. The zero-order valence-electron chi connectivity index (χ0n) is 17.5. The predicted octanol–water partition coefficient (Wildman–Crippen LogP) is 4.28. The monoisotopic (exact) mass is 475 g/mol. The van der Waals surface area contributed by atoms with Gasteiger partial charge in [-0.15, -0.1) is 0 Å². The molecule has 1 amide bonds. The van der Waals surface area contributed by atoms with E-state index in [-0.39, 0.29) is 16.3 Å². The highest BCUT2D eigenvalue weighted by atomic mass is 32.2. The van der Waals surface area contributed by atoms with Crippen LogP contribution in [-0.2, 0) is 10.1 Å². The Morgan fingerprint density at radius 1 is 0.912 bits per heavy atom. The number of amides is 1. The summed E-state index contributed by atoms with van der Waals surface area (Å²) in [5.74, 6) is -0.418. The molecule has 4 rings (SSSR count). The Kier molecular flexibility index (Phi) is 6.33. The molecule has 0 radical (unpaired) electrons. The second-order valence-electron chi connectivity index (χ2n) is 7.13. The van der Waals surface area contributed by atoms with Crippen LogP contribution in [0.5, 0.6) is 5.75 Å². The summed E-state index contributed by atoms with van der Waals surface area (Å²) in [5.41, 5.74) is 2.97. The number of non-ortho nitro benzene ring substituents is 1. The van der Waals surface area contributed by atoms with E-state index in [1.807, 2.05) is 30.3 Å². The molecule has 0 fully saturated rings. The summed E-state index contributed by atoms with van der Waals surface area (Å²) in [5, 5.41) is 16.8. The fraction of sp³-hybridized carbons (Fsp3) is 0. The topological polar surface area (TPSA) is 128 Å². The van der Waals surface area contributed by atoms with E-state index in [1.165, 1.54) is 36.5 Å². The van der Waals surface area contributed by atoms with Gasteiger partial charge < -0.3 is 4.18 Å². The van der Waals surface area contributed by atoms with Crippen LogP contribution in [0.25, 0.3) is 10.8 Å². The summed E-state index contributed by atoms with van der Waals surface area (Å²) in [6, 6.07) is 23.5. The standard InChI is InChI=1S/C24H17N3O6S/c28-24(20-12-11-18-6-1-2-7-19(18)14-20)26-25-16-17-5-3-9-22(13-17)33-34(31,32)23-10-4-8-21(15-23)27(29)30/h1-16H,(H,26,28)/b25-16-. The maximum absolute atomic E-state index is 12.5. The Balaban J connectivity index is 1.45. The first-order valence-corrected chi connectivity index (χ1v) is 11.3. The first-order valence-electron chi connectivity index (χ1n) is 9.93. The second-order valence-corrected chi connectivity index (χ2v) is 8.67. The first kappa shape index (κ1) is 22.6. The van der Waals surface area contributed by atoms with E-state index in [1.54, 1.807) is 24.3 Å². The minimum absolute atomic E-state index is 0.0173. The molecule has 4 aromatic rings. The molecule has 0 aliphatic carbocycles. The maximum atomic E-state index is 12.5. The van der Waals surface area contributed by atoms with Gasteiger partial charge in [-0.05, 0) is 46.7 Å². The Bertz CT molecular complexity index is 1530. The van der Waals surface area contributed by atoms with Crippen LogP contribution in [0, 0.1) is 10.1 Å². The number of nitrogens with one attached hydrogen (secondary N) is 1. The maximum Gasteiger partial charge on any atom is 0.339 e. The molecular formula is C24H17N3O6S. The number of nitro groups is 1. The van der Waals surface area contributed by atoms with E-state index >= 15 is 0 Å². The van der Waals surface area contributed by atoms with Crippen molar-refractivity contribution >= 4 is 38.7 Å². The van der Waals surface area contributed by atoms with Crippen LogP contribution in [0.4, 0.5) is 5.69 Å². The second kappa shape index (κ2) is 9.51. The van der Waals surface area contributed by atoms with E-state index < -0.39 is 20.9 Å². The Hall–Kier alpha value is -4.57. The van der Waals surface area contributed by atoms with Gasteiger partial charge in [-0.2, -0.15) is 13.5 Å². The van der Waals surface area contributed by atoms with Gasteiger partial charge in [0.15, 0.2) is 0 Å². The molecule has 9 nitrogen and oxygen atoms in total. The van der Waals surface area contributed by atoms with E-state index in [2.05, 4.69) is 10.5 Å². The molecular weight excluding hydrogens is 458 g/mol. The summed E-state index contributed by atoms with van der Waals surface area (Å²) >= 11 is 0. The SMILES string of the molecule is O=C(N/N=C\c1cccc(OS(=O)(=O)c2cccc([N+](=O)[O-])c2)c1)c1ccc2ccccc2c1. The lowest BCUT2D eigenvalue weighted by atomic mass is 10.1. The fourth-order valence-corrected chi connectivity index (χ4v) is 4.10. The van der Waals surface area contributed by atoms with Crippen molar-refractivity contribution in [3.8, 4) is 5.75 Å². The van der Waals surface area contributed by atoms with Gasteiger partial charge in [0.25, 0.3) is 11.6 Å². The molecule has 4 aromatic carbocycles. The number of benzene rings is 4. The molecule has 0 unspecified atom stereocenters. The molecule has 0 bridgehead atoms. The van der Waals surface area contributed by atoms with Gasteiger partial charge in [0.05, 0.1) is 11.1 Å².